The van der Waals surface area contributed by atoms with Gasteiger partial charge in [-0.3, -0.25) is 4.79 Å². The van der Waals surface area contributed by atoms with Crippen LogP contribution in [-0.2, 0) is 10.2 Å². The molecule has 1 fully saturated rings. The van der Waals surface area contributed by atoms with Gasteiger partial charge in [-0.1, -0.05) is 91.0 Å². The summed E-state index contributed by atoms with van der Waals surface area (Å²) in [5.74, 6) is 0.790. The Bertz CT molecular complexity index is 938. The smallest absolute Gasteiger partial charge is 0.237 e. The lowest BCUT2D eigenvalue weighted by molar-refractivity contribution is -0.133. The molecule has 0 aromatic heterocycles. The van der Waals surface area contributed by atoms with Gasteiger partial charge in [0.2, 0.25) is 5.91 Å². The van der Waals surface area contributed by atoms with Crippen LogP contribution in [-0.4, -0.2) is 49.4 Å². The van der Waals surface area contributed by atoms with E-state index in [2.05, 4.69) is 59.5 Å². The third-order valence-corrected chi connectivity index (χ3v) is 6.97. The molecule has 0 bridgehead atoms. The average molecular weight is 427 g/mol. The maximum atomic E-state index is 13.8. The van der Waals surface area contributed by atoms with Crippen LogP contribution in [0.25, 0.3) is 0 Å². The minimum Gasteiger partial charge on any atom is -0.348 e. The van der Waals surface area contributed by atoms with Gasteiger partial charge in [-0.2, -0.15) is 0 Å². The fraction of sp³-hybridized carbons (Fsp3) is 0.345. The first-order valence-corrected chi connectivity index (χ1v) is 11.7. The Morgan fingerprint density at radius 2 is 1.28 bits per heavy atom. The lowest BCUT2D eigenvalue weighted by atomic mass is 9.70. The largest absolute Gasteiger partial charge is 0.348 e. The lowest BCUT2D eigenvalue weighted by Crippen LogP contribution is -2.47. The van der Waals surface area contributed by atoms with E-state index in [0.717, 1.165) is 37.2 Å². The van der Waals surface area contributed by atoms with Crippen molar-refractivity contribution in [2.24, 2.45) is 0 Å². The van der Waals surface area contributed by atoms with Gasteiger partial charge in [0.15, 0.2) is 0 Å². The van der Waals surface area contributed by atoms with Crippen molar-refractivity contribution in [2.45, 2.75) is 30.6 Å². The quantitative estimate of drug-likeness (QED) is 0.510. The van der Waals surface area contributed by atoms with E-state index in [0.29, 0.717) is 5.92 Å². The van der Waals surface area contributed by atoms with Crippen molar-refractivity contribution in [1.82, 2.24) is 9.80 Å². The molecule has 0 spiro atoms. The first-order valence-electron chi connectivity index (χ1n) is 11.7. The lowest BCUT2D eigenvalue weighted by Gasteiger charge is -2.39. The topological polar surface area (TPSA) is 23.6 Å². The molecule has 0 saturated carbocycles. The number of carbonyl (C=O) groups is 1. The van der Waals surface area contributed by atoms with Crippen molar-refractivity contribution < 1.29 is 4.79 Å². The number of benzene rings is 3. The molecule has 32 heavy (non-hydrogen) atoms. The molecule has 3 aromatic carbocycles. The van der Waals surface area contributed by atoms with E-state index in [-0.39, 0.29) is 5.91 Å². The highest BCUT2D eigenvalue weighted by Crippen LogP contribution is 2.38. The van der Waals surface area contributed by atoms with Crippen LogP contribution >= 0.6 is 0 Å². The number of hydrogen-bond acceptors (Lipinski definition) is 2. The molecule has 1 amide bonds. The van der Waals surface area contributed by atoms with E-state index in [1.54, 1.807) is 4.90 Å². The maximum absolute atomic E-state index is 13.8. The molecule has 166 valence electrons. The number of piperidine rings is 1. The van der Waals surface area contributed by atoms with Gasteiger partial charge in [-0.05, 0) is 61.5 Å². The van der Waals surface area contributed by atoms with Gasteiger partial charge in [0.25, 0.3) is 0 Å². The summed E-state index contributed by atoms with van der Waals surface area (Å²) in [4.78, 5) is 18.1. The zero-order chi connectivity index (χ0) is 22.4. The van der Waals surface area contributed by atoms with Crippen molar-refractivity contribution in [3.05, 3.63) is 108 Å². The molecule has 1 saturated heterocycles. The fourth-order valence-electron chi connectivity index (χ4n) is 5.18. The highest BCUT2D eigenvalue weighted by Gasteiger charge is 2.43. The van der Waals surface area contributed by atoms with Gasteiger partial charge in [0.05, 0.1) is 0 Å². The molecule has 0 aliphatic carbocycles. The number of amides is 1. The van der Waals surface area contributed by atoms with Crippen LogP contribution in [0.15, 0.2) is 91.0 Å². The predicted octanol–water partition coefficient (Wildman–Crippen LogP) is 5.33. The molecule has 3 heteroatoms. The highest BCUT2D eigenvalue weighted by molar-refractivity contribution is 5.91. The maximum Gasteiger partial charge on any atom is 0.237 e. The summed E-state index contributed by atoms with van der Waals surface area (Å²) in [5, 5.41) is 0. The molecule has 1 aliphatic heterocycles. The van der Waals surface area contributed by atoms with E-state index in [1.807, 2.05) is 50.5 Å². The number of nitrogens with zero attached hydrogens (tertiary/aromatic N) is 2. The van der Waals surface area contributed by atoms with E-state index < -0.39 is 5.41 Å². The Morgan fingerprint density at radius 3 is 1.75 bits per heavy atom. The summed E-state index contributed by atoms with van der Waals surface area (Å²) in [5.41, 5.74) is 2.92. The van der Waals surface area contributed by atoms with Crippen molar-refractivity contribution in [3.63, 3.8) is 0 Å². The second kappa shape index (κ2) is 10.1. The SMILES string of the molecule is CN(C)C(=O)C(CCN1CCC(c2ccccc2)CC1)(c1ccccc1)c1ccccc1. The van der Waals surface area contributed by atoms with Crippen LogP contribution in [0.4, 0.5) is 0 Å². The molecule has 3 nitrogen and oxygen atoms in total. The van der Waals surface area contributed by atoms with Crippen LogP contribution in [0, 0.1) is 0 Å². The van der Waals surface area contributed by atoms with Gasteiger partial charge < -0.3 is 9.80 Å². The second-order valence-electron chi connectivity index (χ2n) is 9.11. The molecule has 4 rings (SSSR count). The summed E-state index contributed by atoms with van der Waals surface area (Å²) < 4.78 is 0. The van der Waals surface area contributed by atoms with Crippen LogP contribution in [0.2, 0.25) is 0 Å². The van der Waals surface area contributed by atoms with Gasteiger partial charge in [-0.25, -0.2) is 0 Å². The third kappa shape index (κ3) is 4.63. The number of rotatable bonds is 7. The first kappa shape index (κ1) is 22.3. The summed E-state index contributed by atoms with van der Waals surface area (Å²) in [7, 11) is 3.74. The van der Waals surface area contributed by atoms with Gasteiger partial charge in [-0.15, -0.1) is 0 Å². The zero-order valence-electron chi connectivity index (χ0n) is 19.3. The van der Waals surface area contributed by atoms with Crippen molar-refractivity contribution in [3.8, 4) is 0 Å². The summed E-state index contributed by atoms with van der Waals surface area (Å²) in [6.07, 6.45) is 3.12. The highest BCUT2D eigenvalue weighted by atomic mass is 16.2. The molecule has 0 N–H and O–H groups in total. The zero-order valence-corrected chi connectivity index (χ0v) is 19.3. The van der Waals surface area contributed by atoms with Crippen molar-refractivity contribution in [2.75, 3.05) is 33.7 Å². The standard InChI is InChI=1S/C29H34N2O/c1-30(2)28(32)29(26-14-8-4-9-15-26,27-16-10-5-11-17-27)20-23-31-21-18-25(19-22-31)24-12-6-3-7-13-24/h3-17,25H,18-23H2,1-2H3. The van der Waals surface area contributed by atoms with E-state index >= 15 is 0 Å². The molecule has 0 radical (unpaired) electrons. The van der Waals surface area contributed by atoms with Crippen LogP contribution in [0.5, 0.6) is 0 Å². The number of likely N-dealkylation sites (N-methyl/N-ethyl adjacent to an activating group) is 1. The van der Waals surface area contributed by atoms with Crippen LogP contribution < -0.4 is 0 Å². The molecular formula is C29H34N2O. The molecule has 0 atom stereocenters. The minimum atomic E-state index is -0.678. The van der Waals surface area contributed by atoms with Crippen molar-refractivity contribution >= 4 is 5.91 Å². The van der Waals surface area contributed by atoms with E-state index in [9.17, 15) is 4.79 Å². The fourth-order valence-corrected chi connectivity index (χ4v) is 5.18. The number of hydrogen-bond donors (Lipinski definition) is 0. The van der Waals surface area contributed by atoms with E-state index in [1.165, 1.54) is 18.4 Å². The molecular weight excluding hydrogens is 392 g/mol. The third-order valence-electron chi connectivity index (χ3n) is 6.97. The monoisotopic (exact) mass is 426 g/mol. The summed E-state index contributed by atoms with van der Waals surface area (Å²) in [6, 6.07) is 31.5. The molecule has 3 aromatic rings. The first-order chi connectivity index (χ1) is 15.6. The molecule has 1 aliphatic rings. The van der Waals surface area contributed by atoms with Crippen LogP contribution in [0.1, 0.15) is 41.9 Å². The average Bonchev–Trinajstić information content (AvgIpc) is 2.86. The Hall–Kier alpha value is -2.91. The molecule has 0 unspecified atom stereocenters. The summed E-state index contributed by atoms with van der Waals surface area (Å²) >= 11 is 0. The molecule has 1 heterocycles. The Labute approximate surface area is 192 Å². The van der Waals surface area contributed by atoms with Gasteiger partial charge in [0.1, 0.15) is 5.41 Å². The van der Waals surface area contributed by atoms with Crippen molar-refractivity contribution in [1.29, 1.82) is 0 Å². The summed E-state index contributed by atoms with van der Waals surface area (Å²) in [6.45, 7) is 3.07. The normalized spacial score (nSPS) is 15.4. The Balaban J connectivity index is 1.57. The number of likely N-dealkylation sites (tertiary alicyclic amines) is 1. The van der Waals surface area contributed by atoms with Gasteiger partial charge in [0, 0.05) is 14.1 Å². The second-order valence-corrected chi connectivity index (χ2v) is 9.11. The van der Waals surface area contributed by atoms with E-state index in [4.69, 9.17) is 0 Å². The Kier molecular flexibility index (Phi) is 7.06. The van der Waals surface area contributed by atoms with Crippen LogP contribution in [0.3, 0.4) is 0 Å². The minimum absolute atomic E-state index is 0.147. The van der Waals surface area contributed by atoms with Gasteiger partial charge >= 0.3 is 0 Å². The number of carbonyl (C=O) groups excluding carboxylic acids is 1. The predicted molar refractivity (Wildman–Crippen MR) is 132 cm³/mol. The Morgan fingerprint density at radius 1 is 0.812 bits per heavy atom.